The Hall–Kier alpha value is -1.87. The van der Waals surface area contributed by atoms with Crippen molar-refractivity contribution in [1.82, 2.24) is 10.3 Å². The van der Waals surface area contributed by atoms with Crippen molar-refractivity contribution in [2.24, 2.45) is 0 Å². The van der Waals surface area contributed by atoms with Crippen LogP contribution in [0.4, 0.5) is 0 Å². The summed E-state index contributed by atoms with van der Waals surface area (Å²) in [6, 6.07) is 11.0. The topological polar surface area (TPSA) is 34.1 Å². The molecule has 1 heterocycles. The van der Waals surface area contributed by atoms with E-state index >= 15 is 0 Å². The fourth-order valence-corrected chi connectivity index (χ4v) is 2.31. The summed E-state index contributed by atoms with van der Waals surface area (Å²) < 4.78 is 5.79. The van der Waals surface area contributed by atoms with Crippen LogP contribution in [0.5, 0.6) is 5.88 Å². The van der Waals surface area contributed by atoms with E-state index in [1.165, 1.54) is 23.8 Å². The quantitative estimate of drug-likeness (QED) is 0.784. The van der Waals surface area contributed by atoms with Gasteiger partial charge in [0.05, 0.1) is 12.1 Å². The van der Waals surface area contributed by atoms with Gasteiger partial charge in [-0.25, -0.2) is 4.98 Å². The molecule has 3 heteroatoms. The highest BCUT2D eigenvalue weighted by molar-refractivity contribution is 5.82. The van der Waals surface area contributed by atoms with Gasteiger partial charge in [0.2, 0.25) is 5.88 Å². The second-order valence-corrected chi connectivity index (χ2v) is 5.85. The summed E-state index contributed by atoms with van der Waals surface area (Å²) in [5.41, 5.74) is 3.39. The van der Waals surface area contributed by atoms with Gasteiger partial charge < -0.3 is 10.1 Å². The van der Waals surface area contributed by atoms with Crippen LogP contribution >= 0.6 is 0 Å². The number of hydrogen-bond donors (Lipinski definition) is 1. The number of nitrogens with zero attached hydrogens (tertiary/aromatic N) is 1. The molecule has 0 unspecified atom stereocenters. The van der Waals surface area contributed by atoms with E-state index in [1.54, 1.807) is 0 Å². The summed E-state index contributed by atoms with van der Waals surface area (Å²) in [5, 5.41) is 4.78. The fourth-order valence-electron chi connectivity index (χ4n) is 2.31. The Kier molecular flexibility index (Phi) is 4.20. The largest absolute Gasteiger partial charge is 0.477 e. The van der Waals surface area contributed by atoms with E-state index < -0.39 is 0 Å². The molecule has 0 atom stereocenters. The van der Waals surface area contributed by atoms with Crippen molar-refractivity contribution in [1.29, 1.82) is 0 Å². The molecule has 1 saturated carbocycles. The number of rotatable bonds is 7. The second-order valence-electron chi connectivity index (χ2n) is 5.85. The van der Waals surface area contributed by atoms with Crippen LogP contribution in [0.2, 0.25) is 0 Å². The van der Waals surface area contributed by atoms with Gasteiger partial charge in [-0.1, -0.05) is 23.8 Å². The summed E-state index contributed by atoms with van der Waals surface area (Å²) in [4.78, 5) is 4.60. The third-order valence-corrected chi connectivity index (χ3v) is 3.72. The second kappa shape index (κ2) is 6.27. The van der Waals surface area contributed by atoms with Crippen molar-refractivity contribution in [3.05, 3.63) is 48.0 Å². The highest BCUT2D eigenvalue weighted by atomic mass is 16.5. The van der Waals surface area contributed by atoms with Crippen molar-refractivity contribution < 1.29 is 4.74 Å². The first kappa shape index (κ1) is 14.1. The summed E-state index contributed by atoms with van der Waals surface area (Å²) in [6.45, 7) is 7.43. The lowest BCUT2D eigenvalue weighted by Gasteiger charge is -2.11. The van der Waals surface area contributed by atoms with Crippen molar-refractivity contribution >= 4 is 10.9 Å². The molecule has 0 amide bonds. The van der Waals surface area contributed by atoms with E-state index in [-0.39, 0.29) is 0 Å². The molecule has 1 aromatic carbocycles. The minimum Gasteiger partial charge on any atom is -0.477 e. The number of hydrogen-bond acceptors (Lipinski definition) is 3. The molecule has 2 aromatic rings. The molecule has 0 radical (unpaired) electrons. The summed E-state index contributed by atoms with van der Waals surface area (Å²) >= 11 is 0. The number of benzene rings is 1. The molecule has 1 fully saturated rings. The number of aromatic nitrogens is 1. The molecule has 1 aromatic heterocycles. The normalized spacial score (nSPS) is 14.3. The van der Waals surface area contributed by atoms with Crippen LogP contribution < -0.4 is 10.1 Å². The van der Waals surface area contributed by atoms with Crippen LogP contribution in [0.3, 0.4) is 0 Å². The van der Waals surface area contributed by atoms with E-state index in [4.69, 9.17) is 4.74 Å². The minimum atomic E-state index is 0.635. The van der Waals surface area contributed by atoms with Crippen molar-refractivity contribution in [3.8, 4) is 5.88 Å². The third kappa shape index (κ3) is 3.82. The lowest BCUT2D eigenvalue weighted by Crippen LogP contribution is -2.15. The number of ether oxygens (including phenoxy) is 1. The Bertz CT molecular complexity index is 647. The van der Waals surface area contributed by atoms with Crippen LogP contribution in [-0.4, -0.2) is 17.6 Å². The van der Waals surface area contributed by atoms with E-state index in [2.05, 4.69) is 35.1 Å². The first-order chi connectivity index (χ1) is 10.2. The van der Waals surface area contributed by atoms with Gasteiger partial charge in [-0.2, -0.15) is 0 Å². The molecule has 0 aliphatic heterocycles. The van der Waals surface area contributed by atoms with Gasteiger partial charge in [0.15, 0.2) is 0 Å². The highest BCUT2D eigenvalue weighted by Gasteiger charge is 2.20. The molecule has 110 valence electrons. The lowest BCUT2D eigenvalue weighted by atomic mass is 10.1. The van der Waals surface area contributed by atoms with Crippen molar-refractivity contribution in [3.63, 3.8) is 0 Å². The first-order valence-corrected chi connectivity index (χ1v) is 7.61. The molecule has 0 bridgehead atoms. The predicted octanol–water partition coefficient (Wildman–Crippen LogP) is 3.83. The molecule has 0 saturated heterocycles. The SMILES string of the molecule is C=C(C)CCOc1cc(CNC2CC2)c2ccccc2n1. The zero-order valence-corrected chi connectivity index (χ0v) is 12.6. The Morgan fingerprint density at radius 1 is 1.38 bits per heavy atom. The molecule has 3 nitrogen and oxygen atoms in total. The average molecular weight is 282 g/mol. The van der Waals surface area contributed by atoms with Gasteiger partial charge in [-0.3, -0.25) is 0 Å². The van der Waals surface area contributed by atoms with Crippen molar-refractivity contribution in [2.75, 3.05) is 6.61 Å². The van der Waals surface area contributed by atoms with Crippen LogP contribution in [0.25, 0.3) is 10.9 Å². The highest BCUT2D eigenvalue weighted by Crippen LogP contribution is 2.24. The van der Waals surface area contributed by atoms with Crippen LogP contribution in [0.1, 0.15) is 31.7 Å². The third-order valence-electron chi connectivity index (χ3n) is 3.72. The van der Waals surface area contributed by atoms with E-state index in [0.717, 1.165) is 24.1 Å². The molecular weight excluding hydrogens is 260 g/mol. The molecular formula is C18H22N2O. The molecule has 3 rings (SSSR count). The van der Waals surface area contributed by atoms with Gasteiger partial charge in [0.1, 0.15) is 0 Å². The van der Waals surface area contributed by atoms with Gasteiger partial charge in [-0.05, 0) is 31.4 Å². The first-order valence-electron chi connectivity index (χ1n) is 7.61. The van der Waals surface area contributed by atoms with Gasteiger partial charge >= 0.3 is 0 Å². The van der Waals surface area contributed by atoms with E-state index in [0.29, 0.717) is 18.5 Å². The zero-order valence-electron chi connectivity index (χ0n) is 12.6. The number of para-hydroxylation sites is 1. The van der Waals surface area contributed by atoms with Crippen LogP contribution in [0.15, 0.2) is 42.5 Å². The Morgan fingerprint density at radius 2 is 2.19 bits per heavy atom. The van der Waals surface area contributed by atoms with Gasteiger partial charge in [0.25, 0.3) is 0 Å². The standard InChI is InChI=1S/C18H22N2O/c1-13(2)9-10-21-18-11-14(12-19-15-7-8-15)16-5-3-4-6-17(16)20-18/h3-6,11,15,19H,1,7-10,12H2,2H3. The van der Waals surface area contributed by atoms with Gasteiger partial charge in [0, 0.05) is 30.5 Å². The predicted molar refractivity (Wildman–Crippen MR) is 86.5 cm³/mol. The van der Waals surface area contributed by atoms with E-state index in [9.17, 15) is 0 Å². The maximum atomic E-state index is 5.79. The van der Waals surface area contributed by atoms with Gasteiger partial charge in [-0.15, -0.1) is 6.58 Å². The fraction of sp³-hybridized carbons (Fsp3) is 0.389. The molecule has 1 aliphatic rings. The summed E-state index contributed by atoms with van der Waals surface area (Å²) in [5.74, 6) is 0.711. The molecule has 1 aliphatic carbocycles. The van der Waals surface area contributed by atoms with E-state index in [1.807, 2.05) is 19.1 Å². The Balaban J connectivity index is 1.80. The monoisotopic (exact) mass is 282 g/mol. The maximum Gasteiger partial charge on any atom is 0.214 e. The van der Waals surface area contributed by atoms with Crippen LogP contribution in [0, 0.1) is 0 Å². The average Bonchev–Trinajstić information content (AvgIpc) is 3.28. The minimum absolute atomic E-state index is 0.635. The van der Waals surface area contributed by atoms with Crippen LogP contribution in [-0.2, 0) is 6.54 Å². The number of nitrogens with one attached hydrogen (secondary N) is 1. The lowest BCUT2D eigenvalue weighted by molar-refractivity contribution is 0.310. The number of pyridine rings is 1. The smallest absolute Gasteiger partial charge is 0.214 e. The maximum absolute atomic E-state index is 5.79. The molecule has 1 N–H and O–H groups in total. The number of fused-ring (bicyclic) bond motifs is 1. The molecule has 21 heavy (non-hydrogen) atoms. The summed E-state index contributed by atoms with van der Waals surface area (Å²) in [7, 11) is 0. The van der Waals surface area contributed by atoms with Crippen molar-refractivity contribution in [2.45, 2.75) is 38.8 Å². The summed E-state index contributed by atoms with van der Waals surface area (Å²) in [6.07, 6.45) is 3.46. The zero-order chi connectivity index (χ0) is 14.7. The Morgan fingerprint density at radius 3 is 2.95 bits per heavy atom. The molecule has 0 spiro atoms. The Labute approximate surface area is 126 Å².